The molecule has 1 rings (SSSR count). The molecule has 4 N–H and O–H groups in total. The Morgan fingerprint density at radius 2 is 1.42 bits per heavy atom. The number of carbonyl (C=O) groups excluding carboxylic acids is 3. The second-order valence-corrected chi connectivity index (χ2v) is 8.95. The van der Waals surface area contributed by atoms with Crippen LogP contribution in [0.1, 0.15) is 101 Å². The summed E-state index contributed by atoms with van der Waals surface area (Å²) in [6.45, 7) is 4.46. The summed E-state index contributed by atoms with van der Waals surface area (Å²) in [5.74, 6) is -1.71. The number of carboxylic acids is 1. The number of ether oxygens (including phenoxy) is 1. The molecule has 0 aromatic heterocycles. The van der Waals surface area contributed by atoms with Crippen molar-refractivity contribution in [1.29, 1.82) is 0 Å². The highest BCUT2D eigenvalue weighted by Gasteiger charge is 2.22. The SMILES string of the molecule is CCCCCCCCCC(=O)NC(COC(=O)Nc1ccc(C(=O)O)cc1)C(=O)NCCCCCC. The first-order chi connectivity index (χ1) is 17.4. The van der Waals surface area contributed by atoms with Crippen LogP contribution in [-0.4, -0.2) is 48.2 Å². The number of hydrogen-bond donors (Lipinski definition) is 4. The van der Waals surface area contributed by atoms with Gasteiger partial charge in [-0.1, -0.05) is 71.6 Å². The Morgan fingerprint density at radius 1 is 0.833 bits per heavy atom. The maximum absolute atomic E-state index is 12.7. The fraction of sp³-hybridized carbons (Fsp3) is 0.630. The minimum Gasteiger partial charge on any atom is -0.478 e. The standard InChI is InChI=1S/C27H43N3O6/c1-3-5-7-9-10-11-12-14-24(31)30-23(25(32)28-19-13-8-6-4-2)20-36-27(35)29-22-17-15-21(16-18-22)26(33)34/h15-18,23H,3-14,19-20H2,1-2H3,(H,28,32)(H,29,35)(H,30,31)(H,33,34). The molecular formula is C27H43N3O6. The van der Waals surface area contributed by atoms with Gasteiger partial charge in [-0.15, -0.1) is 0 Å². The number of unbranched alkanes of at least 4 members (excludes halogenated alkanes) is 9. The van der Waals surface area contributed by atoms with Gasteiger partial charge in [0.25, 0.3) is 0 Å². The van der Waals surface area contributed by atoms with E-state index in [0.717, 1.165) is 44.9 Å². The lowest BCUT2D eigenvalue weighted by atomic mass is 10.1. The third-order valence-corrected chi connectivity index (χ3v) is 5.75. The lowest BCUT2D eigenvalue weighted by Crippen LogP contribution is -2.50. The minimum atomic E-state index is -1.07. The van der Waals surface area contributed by atoms with Crippen LogP contribution in [0, 0.1) is 0 Å². The quantitative estimate of drug-likeness (QED) is 0.190. The Balaban J connectivity index is 2.54. The highest BCUT2D eigenvalue weighted by molar-refractivity contribution is 5.90. The van der Waals surface area contributed by atoms with Gasteiger partial charge in [0.2, 0.25) is 11.8 Å². The van der Waals surface area contributed by atoms with E-state index in [9.17, 15) is 19.2 Å². The van der Waals surface area contributed by atoms with Crippen LogP contribution >= 0.6 is 0 Å². The second-order valence-electron chi connectivity index (χ2n) is 8.95. The van der Waals surface area contributed by atoms with E-state index in [4.69, 9.17) is 9.84 Å². The predicted molar refractivity (Wildman–Crippen MR) is 140 cm³/mol. The van der Waals surface area contributed by atoms with Crippen LogP contribution in [0.4, 0.5) is 10.5 Å². The first-order valence-electron chi connectivity index (χ1n) is 13.2. The molecule has 0 fully saturated rings. The Labute approximate surface area is 214 Å². The van der Waals surface area contributed by atoms with E-state index in [2.05, 4.69) is 29.8 Å². The third kappa shape index (κ3) is 14.3. The average Bonchev–Trinajstić information content (AvgIpc) is 2.86. The maximum atomic E-state index is 12.7. The summed E-state index contributed by atoms with van der Waals surface area (Å²) in [4.78, 5) is 48.2. The lowest BCUT2D eigenvalue weighted by Gasteiger charge is -2.19. The first-order valence-corrected chi connectivity index (χ1v) is 13.2. The van der Waals surface area contributed by atoms with E-state index in [1.807, 2.05) is 0 Å². The summed E-state index contributed by atoms with van der Waals surface area (Å²) in [5, 5.41) is 17.0. The Hall–Kier alpha value is -3.10. The summed E-state index contributed by atoms with van der Waals surface area (Å²) < 4.78 is 5.19. The van der Waals surface area contributed by atoms with E-state index in [0.29, 0.717) is 18.7 Å². The number of aromatic carboxylic acids is 1. The van der Waals surface area contributed by atoms with Gasteiger partial charge in [-0.3, -0.25) is 14.9 Å². The molecule has 0 saturated heterocycles. The average molecular weight is 506 g/mol. The molecule has 0 aliphatic carbocycles. The van der Waals surface area contributed by atoms with Crippen LogP contribution in [0.2, 0.25) is 0 Å². The van der Waals surface area contributed by atoms with Crippen molar-refractivity contribution >= 4 is 29.6 Å². The Bertz CT molecular complexity index is 797. The van der Waals surface area contributed by atoms with Crippen LogP contribution in [-0.2, 0) is 14.3 Å². The summed E-state index contributed by atoms with van der Waals surface area (Å²) in [6.07, 6.45) is 11.1. The molecule has 1 unspecified atom stereocenters. The number of carbonyl (C=O) groups is 4. The van der Waals surface area contributed by atoms with E-state index in [-0.39, 0.29) is 18.1 Å². The van der Waals surface area contributed by atoms with Gasteiger partial charge >= 0.3 is 12.1 Å². The number of carboxylic acid groups (broad SMARTS) is 1. The number of nitrogens with one attached hydrogen (secondary N) is 3. The fourth-order valence-corrected chi connectivity index (χ4v) is 3.59. The van der Waals surface area contributed by atoms with Gasteiger partial charge in [-0.05, 0) is 37.1 Å². The molecule has 0 spiro atoms. The molecule has 36 heavy (non-hydrogen) atoms. The molecule has 9 heteroatoms. The van der Waals surface area contributed by atoms with Crippen molar-refractivity contribution in [2.75, 3.05) is 18.5 Å². The maximum Gasteiger partial charge on any atom is 0.411 e. The predicted octanol–water partition coefficient (Wildman–Crippen LogP) is 5.26. The van der Waals surface area contributed by atoms with Gasteiger partial charge in [-0.2, -0.15) is 0 Å². The molecule has 0 radical (unpaired) electrons. The van der Waals surface area contributed by atoms with Crippen molar-refractivity contribution < 1.29 is 29.0 Å². The zero-order valence-corrected chi connectivity index (χ0v) is 21.8. The van der Waals surface area contributed by atoms with Gasteiger partial charge in [0, 0.05) is 18.7 Å². The van der Waals surface area contributed by atoms with Crippen molar-refractivity contribution in [2.45, 2.75) is 96.9 Å². The Morgan fingerprint density at radius 3 is 2.03 bits per heavy atom. The van der Waals surface area contributed by atoms with Gasteiger partial charge in [0.05, 0.1) is 5.56 Å². The van der Waals surface area contributed by atoms with Crippen molar-refractivity contribution in [2.24, 2.45) is 0 Å². The number of amides is 3. The van der Waals surface area contributed by atoms with Crippen LogP contribution in [0.15, 0.2) is 24.3 Å². The largest absolute Gasteiger partial charge is 0.478 e. The van der Waals surface area contributed by atoms with Gasteiger partial charge in [-0.25, -0.2) is 9.59 Å². The monoisotopic (exact) mass is 505 g/mol. The van der Waals surface area contributed by atoms with Gasteiger partial charge in [0.15, 0.2) is 0 Å². The topological polar surface area (TPSA) is 134 Å². The molecule has 1 aromatic rings. The van der Waals surface area contributed by atoms with Crippen LogP contribution in [0.5, 0.6) is 0 Å². The molecular weight excluding hydrogens is 462 g/mol. The third-order valence-electron chi connectivity index (χ3n) is 5.75. The molecule has 1 atom stereocenters. The molecule has 0 bridgehead atoms. The highest BCUT2D eigenvalue weighted by Crippen LogP contribution is 2.11. The van der Waals surface area contributed by atoms with E-state index in [1.54, 1.807) is 0 Å². The van der Waals surface area contributed by atoms with E-state index in [1.165, 1.54) is 49.9 Å². The highest BCUT2D eigenvalue weighted by atomic mass is 16.5. The van der Waals surface area contributed by atoms with Crippen molar-refractivity contribution in [3.8, 4) is 0 Å². The number of benzene rings is 1. The van der Waals surface area contributed by atoms with E-state index >= 15 is 0 Å². The van der Waals surface area contributed by atoms with Gasteiger partial charge in [0.1, 0.15) is 12.6 Å². The molecule has 9 nitrogen and oxygen atoms in total. The fourth-order valence-electron chi connectivity index (χ4n) is 3.59. The summed E-state index contributed by atoms with van der Waals surface area (Å²) in [5.41, 5.74) is 0.443. The minimum absolute atomic E-state index is 0.0910. The van der Waals surface area contributed by atoms with Gasteiger partial charge < -0.3 is 20.5 Å². The summed E-state index contributed by atoms with van der Waals surface area (Å²) in [7, 11) is 0. The number of rotatable bonds is 19. The van der Waals surface area contributed by atoms with Crippen LogP contribution in [0.3, 0.4) is 0 Å². The summed E-state index contributed by atoms with van der Waals surface area (Å²) in [6, 6.07) is 4.60. The number of hydrogen-bond acceptors (Lipinski definition) is 5. The molecule has 0 aliphatic heterocycles. The first kappa shape index (κ1) is 30.9. The second kappa shape index (κ2) is 19.1. The summed E-state index contributed by atoms with van der Waals surface area (Å²) >= 11 is 0. The molecule has 1 aromatic carbocycles. The molecule has 0 saturated carbocycles. The molecule has 202 valence electrons. The molecule has 3 amide bonds. The van der Waals surface area contributed by atoms with Crippen LogP contribution < -0.4 is 16.0 Å². The van der Waals surface area contributed by atoms with Crippen molar-refractivity contribution in [3.05, 3.63) is 29.8 Å². The Kier molecular flexibility index (Phi) is 16.4. The zero-order valence-electron chi connectivity index (χ0n) is 21.8. The smallest absolute Gasteiger partial charge is 0.411 e. The molecule has 0 heterocycles. The zero-order chi connectivity index (χ0) is 26.6. The van der Waals surface area contributed by atoms with E-state index < -0.39 is 24.0 Å². The number of anilines is 1. The molecule has 0 aliphatic rings. The van der Waals surface area contributed by atoms with Crippen LogP contribution in [0.25, 0.3) is 0 Å². The van der Waals surface area contributed by atoms with Crippen molar-refractivity contribution in [1.82, 2.24) is 10.6 Å². The normalized spacial score (nSPS) is 11.4. The lowest BCUT2D eigenvalue weighted by molar-refractivity contribution is -0.130. The van der Waals surface area contributed by atoms with Crippen molar-refractivity contribution in [3.63, 3.8) is 0 Å².